The van der Waals surface area contributed by atoms with Gasteiger partial charge in [-0.3, -0.25) is 0 Å². The fourth-order valence-corrected chi connectivity index (χ4v) is 3.32. The Bertz CT molecular complexity index is 1030. The molecule has 0 saturated carbocycles. The number of rotatable bonds is 6. The zero-order valence-electron chi connectivity index (χ0n) is 14.9. The zero-order chi connectivity index (χ0) is 18.6. The Kier molecular flexibility index (Phi) is 4.88. The van der Waals surface area contributed by atoms with Gasteiger partial charge in [0.05, 0.1) is 12.9 Å². The molecule has 0 N–H and O–H groups in total. The molecule has 0 amide bonds. The van der Waals surface area contributed by atoms with Crippen molar-refractivity contribution in [3.05, 3.63) is 60.5 Å². The van der Waals surface area contributed by atoms with Crippen LogP contribution in [0.15, 0.2) is 64.2 Å². The van der Waals surface area contributed by atoms with Gasteiger partial charge in [0.1, 0.15) is 5.75 Å². The third kappa shape index (κ3) is 3.70. The Balaban J connectivity index is 1.46. The monoisotopic (exact) mass is 379 g/mol. The van der Waals surface area contributed by atoms with Gasteiger partial charge in [0.25, 0.3) is 0 Å². The molecule has 0 fully saturated rings. The molecule has 0 bridgehead atoms. The molecule has 2 aromatic carbocycles. The van der Waals surface area contributed by atoms with E-state index in [1.807, 2.05) is 66.2 Å². The topological polar surface area (TPSA) is 78.9 Å². The van der Waals surface area contributed by atoms with Crippen molar-refractivity contribution in [3.63, 3.8) is 0 Å². The van der Waals surface area contributed by atoms with Crippen LogP contribution in [0.25, 0.3) is 22.8 Å². The molecule has 2 aromatic heterocycles. The van der Waals surface area contributed by atoms with E-state index in [0.29, 0.717) is 17.5 Å². The van der Waals surface area contributed by atoms with Gasteiger partial charge in [0, 0.05) is 18.2 Å². The molecule has 0 aliphatic heterocycles. The maximum Gasteiger partial charge on any atom is 0.247 e. The Labute approximate surface area is 160 Å². The molecule has 7 nitrogen and oxygen atoms in total. The molecule has 0 radical (unpaired) electrons. The van der Waals surface area contributed by atoms with Crippen LogP contribution in [0.4, 0.5) is 0 Å². The second-order valence-electron chi connectivity index (χ2n) is 5.75. The summed E-state index contributed by atoms with van der Waals surface area (Å²) in [4.78, 5) is 0. The van der Waals surface area contributed by atoms with Gasteiger partial charge in [-0.05, 0) is 36.4 Å². The van der Waals surface area contributed by atoms with Crippen LogP contribution < -0.4 is 4.74 Å². The Morgan fingerprint density at radius 3 is 2.44 bits per heavy atom. The number of thioether (sulfide) groups is 1. The number of nitrogens with zero attached hydrogens (tertiary/aromatic N) is 5. The highest BCUT2D eigenvalue weighted by Crippen LogP contribution is 2.27. The van der Waals surface area contributed by atoms with E-state index in [4.69, 9.17) is 9.15 Å². The highest BCUT2D eigenvalue weighted by molar-refractivity contribution is 7.98. The van der Waals surface area contributed by atoms with E-state index in [1.54, 1.807) is 7.11 Å². The summed E-state index contributed by atoms with van der Waals surface area (Å²) in [6.07, 6.45) is 0. The second-order valence-corrected chi connectivity index (χ2v) is 6.69. The SMILES string of the molecule is COc1ccc(-c2nnc(SCc3nnc(-c4ccccc4)o3)n2C)cc1. The number of aromatic nitrogens is 5. The first-order valence-corrected chi connectivity index (χ1v) is 9.27. The van der Waals surface area contributed by atoms with Crippen molar-refractivity contribution in [2.75, 3.05) is 7.11 Å². The highest BCUT2D eigenvalue weighted by Gasteiger charge is 2.14. The van der Waals surface area contributed by atoms with E-state index < -0.39 is 0 Å². The van der Waals surface area contributed by atoms with Crippen LogP contribution in [-0.4, -0.2) is 32.1 Å². The van der Waals surface area contributed by atoms with Crippen molar-refractivity contribution in [2.24, 2.45) is 7.05 Å². The largest absolute Gasteiger partial charge is 0.497 e. The quantitative estimate of drug-likeness (QED) is 0.471. The molecule has 0 saturated heterocycles. The normalized spacial score (nSPS) is 10.9. The summed E-state index contributed by atoms with van der Waals surface area (Å²) < 4.78 is 12.9. The maximum absolute atomic E-state index is 5.73. The minimum atomic E-state index is 0.517. The van der Waals surface area contributed by atoms with E-state index in [1.165, 1.54) is 11.8 Å². The Morgan fingerprint density at radius 2 is 1.70 bits per heavy atom. The van der Waals surface area contributed by atoms with Crippen LogP contribution in [-0.2, 0) is 12.8 Å². The summed E-state index contributed by atoms with van der Waals surface area (Å²) in [6.45, 7) is 0. The third-order valence-electron chi connectivity index (χ3n) is 4.00. The van der Waals surface area contributed by atoms with Gasteiger partial charge < -0.3 is 13.7 Å². The Hall–Kier alpha value is -3.13. The molecule has 8 heteroatoms. The van der Waals surface area contributed by atoms with Crippen LogP contribution in [0.3, 0.4) is 0 Å². The summed E-state index contributed by atoms with van der Waals surface area (Å²) in [7, 11) is 3.58. The van der Waals surface area contributed by atoms with Crippen LogP contribution in [0, 0.1) is 0 Å². The standard InChI is InChI=1S/C19H17N5O2S/c1-24-17(13-8-10-15(25-2)11-9-13)21-23-19(24)27-12-16-20-22-18(26-16)14-6-4-3-5-7-14/h3-11H,12H2,1-2H3. The number of ether oxygens (including phenoxy) is 1. The molecule has 2 heterocycles. The third-order valence-corrected chi connectivity index (χ3v) is 5.00. The van der Waals surface area contributed by atoms with E-state index in [-0.39, 0.29) is 0 Å². The van der Waals surface area contributed by atoms with Gasteiger partial charge in [0.15, 0.2) is 11.0 Å². The van der Waals surface area contributed by atoms with E-state index >= 15 is 0 Å². The molecule has 0 aliphatic carbocycles. The van der Waals surface area contributed by atoms with Gasteiger partial charge >= 0.3 is 0 Å². The van der Waals surface area contributed by atoms with Crippen LogP contribution >= 0.6 is 11.8 Å². The molecule has 0 spiro atoms. The molecule has 27 heavy (non-hydrogen) atoms. The lowest BCUT2D eigenvalue weighted by Gasteiger charge is -2.04. The Morgan fingerprint density at radius 1 is 0.926 bits per heavy atom. The minimum absolute atomic E-state index is 0.517. The number of hydrogen-bond acceptors (Lipinski definition) is 7. The van der Waals surface area contributed by atoms with Gasteiger partial charge in [-0.1, -0.05) is 30.0 Å². The molecule has 0 atom stereocenters. The highest BCUT2D eigenvalue weighted by atomic mass is 32.2. The van der Waals surface area contributed by atoms with Gasteiger partial charge in [0.2, 0.25) is 11.8 Å². The van der Waals surface area contributed by atoms with Gasteiger partial charge in [-0.2, -0.15) is 0 Å². The average Bonchev–Trinajstić information content (AvgIpc) is 3.34. The first-order chi connectivity index (χ1) is 13.2. The van der Waals surface area contributed by atoms with Crippen molar-refractivity contribution < 1.29 is 9.15 Å². The molecule has 0 unspecified atom stereocenters. The summed E-state index contributed by atoms with van der Waals surface area (Å²) in [5.74, 6) is 3.18. The lowest BCUT2D eigenvalue weighted by atomic mass is 10.2. The predicted molar refractivity (Wildman–Crippen MR) is 102 cm³/mol. The predicted octanol–water partition coefficient (Wildman–Crippen LogP) is 3.83. The van der Waals surface area contributed by atoms with Crippen molar-refractivity contribution >= 4 is 11.8 Å². The fourth-order valence-electron chi connectivity index (χ4n) is 2.57. The lowest BCUT2D eigenvalue weighted by Crippen LogP contribution is -1.95. The molecular formula is C19H17N5O2S. The summed E-state index contributed by atoms with van der Waals surface area (Å²) in [5, 5.41) is 17.6. The second kappa shape index (κ2) is 7.63. The number of methoxy groups -OCH3 is 1. The molecule has 136 valence electrons. The first-order valence-electron chi connectivity index (χ1n) is 8.29. The van der Waals surface area contributed by atoms with E-state index in [9.17, 15) is 0 Å². The van der Waals surface area contributed by atoms with Crippen LogP contribution in [0.2, 0.25) is 0 Å². The molecular weight excluding hydrogens is 362 g/mol. The summed E-state index contributed by atoms with van der Waals surface area (Å²) in [6, 6.07) is 17.4. The maximum atomic E-state index is 5.73. The molecule has 4 aromatic rings. The van der Waals surface area contributed by atoms with Gasteiger partial charge in [-0.25, -0.2) is 0 Å². The van der Waals surface area contributed by atoms with Crippen LogP contribution in [0.5, 0.6) is 5.75 Å². The smallest absolute Gasteiger partial charge is 0.247 e. The number of hydrogen-bond donors (Lipinski definition) is 0. The molecule has 0 aliphatic rings. The van der Waals surface area contributed by atoms with Gasteiger partial charge in [-0.15, -0.1) is 20.4 Å². The van der Waals surface area contributed by atoms with Crippen molar-refractivity contribution in [1.29, 1.82) is 0 Å². The van der Waals surface area contributed by atoms with E-state index in [0.717, 1.165) is 27.9 Å². The van der Waals surface area contributed by atoms with Crippen molar-refractivity contribution in [2.45, 2.75) is 10.9 Å². The van der Waals surface area contributed by atoms with Crippen molar-refractivity contribution in [1.82, 2.24) is 25.0 Å². The zero-order valence-corrected chi connectivity index (χ0v) is 15.7. The average molecular weight is 379 g/mol. The summed E-state index contributed by atoms with van der Waals surface area (Å²) in [5.41, 5.74) is 1.88. The van der Waals surface area contributed by atoms with E-state index in [2.05, 4.69) is 20.4 Å². The fraction of sp³-hybridized carbons (Fsp3) is 0.158. The minimum Gasteiger partial charge on any atom is -0.497 e. The summed E-state index contributed by atoms with van der Waals surface area (Å²) >= 11 is 1.50. The van der Waals surface area contributed by atoms with Crippen LogP contribution in [0.1, 0.15) is 5.89 Å². The lowest BCUT2D eigenvalue weighted by molar-refractivity contribution is 0.415. The first kappa shape index (κ1) is 17.3. The van der Waals surface area contributed by atoms with Crippen molar-refractivity contribution in [3.8, 4) is 28.6 Å². The molecule has 4 rings (SSSR count). The number of benzene rings is 2.